The summed E-state index contributed by atoms with van der Waals surface area (Å²) in [6.07, 6.45) is -0.0473. The third-order valence-electron chi connectivity index (χ3n) is 6.18. The Balaban J connectivity index is 1.28. The molecule has 1 atom stereocenters. The maximum absolute atomic E-state index is 12.9. The van der Waals surface area contributed by atoms with Gasteiger partial charge in [-0.05, 0) is 29.8 Å². The average molecular weight is 442 g/mol. The minimum absolute atomic E-state index is 0.00743. The highest BCUT2D eigenvalue weighted by atomic mass is 16.5. The zero-order chi connectivity index (χ0) is 22.6. The van der Waals surface area contributed by atoms with E-state index in [1.807, 2.05) is 59.2 Å². The smallest absolute Gasteiger partial charge is 0.240 e. The number of carbonyl (C=O) groups is 1. The van der Waals surface area contributed by atoms with Crippen LogP contribution in [0.3, 0.4) is 0 Å². The topological polar surface area (TPSA) is 63.6 Å². The van der Waals surface area contributed by atoms with Crippen molar-refractivity contribution in [2.24, 2.45) is 0 Å². The third-order valence-corrected chi connectivity index (χ3v) is 6.18. The first kappa shape index (κ1) is 21.4. The van der Waals surface area contributed by atoms with Gasteiger partial charge in [-0.3, -0.25) is 14.5 Å². The van der Waals surface area contributed by atoms with Crippen LogP contribution in [0.15, 0.2) is 83.7 Å². The van der Waals surface area contributed by atoms with Crippen LogP contribution in [0.5, 0.6) is 0 Å². The number of pyridine rings is 1. The fourth-order valence-corrected chi connectivity index (χ4v) is 4.56. The highest BCUT2D eigenvalue weighted by Crippen LogP contribution is 2.19. The number of nitrogens with one attached hydrogen (secondary N) is 1. The van der Waals surface area contributed by atoms with Gasteiger partial charge in [-0.2, -0.15) is 0 Å². The lowest BCUT2D eigenvalue weighted by Gasteiger charge is -2.33. The van der Waals surface area contributed by atoms with Crippen LogP contribution in [0.1, 0.15) is 5.56 Å². The van der Waals surface area contributed by atoms with Crippen molar-refractivity contribution in [2.75, 3.05) is 26.2 Å². The Morgan fingerprint density at radius 3 is 2.24 bits per heavy atom. The highest BCUT2D eigenvalue weighted by molar-refractivity contribution is 5.94. The molecular weight excluding hydrogens is 414 g/mol. The van der Waals surface area contributed by atoms with Crippen molar-refractivity contribution in [2.45, 2.75) is 19.2 Å². The van der Waals surface area contributed by atoms with Crippen LogP contribution in [-0.2, 0) is 22.6 Å². The molecule has 6 nitrogen and oxygen atoms in total. The van der Waals surface area contributed by atoms with Crippen molar-refractivity contribution in [1.29, 1.82) is 0 Å². The van der Waals surface area contributed by atoms with Crippen molar-refractivity contribution in [1.82, 2.24) is 14.8 Å². The number of nitrogens with zero attached hydrogens (tertiary/aromatic N) is 2. The Morgan fingerprint density at radius 2 is 1.55 bits per heavy atom. The molecule has 0 saturated carbocycles. The molecule has 1 amide bonds. The van der Waals surface area contributed by atoms with Gasteiger partial charge in [0.15, 0.2) is 5.43 Å². The van der Waals surface area contributed by atoms with Crippen LogP contribution in [0.2, 0.25) is 0 Å². The largest absolute Gasteiger partial charge is 0.374 e. The SMILES string of the molecule is O=C(Cn1c2ccccc2c(=O)c2ccccc21)NCC1CN(Cc2ccccc2)CCO1. The van der Waals surface area contributed by atoms with Crippen molar-refractivity contribution in [3.05, 3.63) is 94.6 Å². The Bertz CT molecular complexity index is 1270. The number of carbonyl (C=O) groups excluding carboxylic acids is 1. The van der Waals surface area contributed by atoms with Crippen LogP contribution in [0, 0.1) is 0 Å². The van der Waals surface area contributed by atoms with E-state index in [4.69, 9.17) is 4.74 Å². The quantitative estimate of drug-likeness (QED) is 0.467. The summed E-state index contributed by atoms with van der Waals surface area (Å²) in [7, 11) is 0. The second-order valence-corrected chi connectivity index (χ2v) is 8.47. The molecule has 2 heterocycles. The third kappa shape index (κ3) is 4.67. The molecule has 4 aromatic rings. The van der Waals surface area contributed by atoms with Crippen molar-refractivity contribution in [3.63, 3.8) is 0 Å². The summed E-state index contributed by atoms with van der Waals surface area (Å²) in [4.78, 5) is 28.2. The molecule has 1 aromatic heterocycles. The zero-order valence-electron chi connectivity index (χ0n) is 18.4. The van der Waals surface area contributed by atoms with E-state index < -0.39 is 0 Å². The molecule has 0 radical (unpaired) electrons. The summed E-state index contributed by atoms with van der Waals surface area (Å²) in [6.45, 7) is 3.79. The van der Waals surface area contributed by atoms with Gasteiger partial charge in [0.2, 0.25) is 5.91 Å². The molecule has 0 aliphatic carbocycles. The summed E-state index contributed by atoms with van der Waals surface area (Å²) < 4.78 is 7.82. The van der Waals surface area contributed by atoms with E-state index in [1.54, 1.807) is 0 Å². The highest BCUT2D eigenvalue weighted by Gasteiger charge is 2.21. The maximum Gasteiger partial charge on any atom is 0.240 e. The van der Waals surface area contributed by atoms with Gasteiger partial charge in [-0.1, -0.05) is 54.6 Å². The number of hydrogen-bond donors (Lipinski definition) is 1. The monoisotopic (exact) mass is 441 g/mol. The molecule has 168 valence electrons. The summed E-state index contributed by atoms with van der Waals surface area (Å²) in [5.41, 5.74) is 2.80. The average Bonchev–Trinajstić information content (AvgIpc) is 2.86. The van der Waals surface area contributed by atoms with Gasteiger partial charge in [0.25, 0.3) is 0 Å². The lowest BCUT2D eigenvalue weighted by molar-refractivity contribution is -0.122. The molecule has 1 aliphatic heterocycles. The van der Waals surface area contributed by atoms with Crippen LogP contribution < -0.4 is 10.7 Å². The number of amides is 1. The van der Waals surface area contributed by atoms with Gasteiger partial charge in [0.1, 0.15) is 6.54 Å². The summed E-state index contributed by atoms with van der Waals surface area (Å²) in [5, 5.41) is 4.28. The Hall–Kier alpha value is -3.48. The standard InChI is InChI=1S/C27H27N3O3/c31-26(28-16-21-18-29(14-15-33-21)17-20-8-2-1-3-9-20)19-30-24-12-6-4-10-22(24)27(32)23-11-5-7-13-25(23)30/h1-13,21H,14-19H2,(H,28,31). The van der Waals surface area contributed by atoms with E-state index in [2.05, 4.69) is 34.5 Å². The second kappa shape index (κ2) is 9.57. The molecule has 0 bridgehead atoms. The molecule has 6 heteroatoms. The molecular formula is C27H27N3O3. The molecule has 1 aliphatic rings. The molecule has 1 saturated heterocycles. The number of morpholine rings is 1. The molecule has 0 spiro atoms. The van der Waals surface area contributed by atoms with Crippen LogP contribution in [0.4, 0.5) is 0 Å². The number of aromatic nitrogens is 1. The molecule has 1 fully saturated rings. The molecule has 5 rings (SSSR count). The first-order chi connectivity index (χ1) is 16.2. The Labute approximate surface area is 192 Å². The lowest BCUT2D eigenvalue weighted by Crippen LogP contribution is -2.47. The van der Waals surface area contributed by atoms with Gasteiger partial charge < -0.3 is 14.6 Å². The number of rotatable bonds is 6. The lowest BCUT2D eigenvalue weighted by atomic mass is 10.1. The van der Waals surface area contributed by atoms with E-state index in [0.29, 0.717) is 23.9 Å². The molecule has 33 heavy (non-hydrogen) atoms. The Kier molecular flexibility index (Phi) is 6.19. The Morgan fingerprint density at radius 1 is 0.909 bits per heavy atom. The molecule has 1 N–H and O–H groups in total. The maximum atomic E-state index is 12.9. The predicted octanol–water partition coefficient (Wildman–Crippen LogP) is 3.17. The fourth-order valence-electron chi connectivity index (χ4n) is 4.56. The normalized spacial score (nSPS) is 16.8. The van der Waals surface area contributed by atoms with E-state index in [9.17, 15) is 9.59 Å². The number of para-hydroxylation sites is 2. The molecule has 3 aromatic carbocycles. The minimum Gasteiger partial charge on any atom is -0.374 e. The number of fused-ring (bicyclic) bond motifs is 2. The van der Waals surface area contributed by atoms with Gasteiger partial charge in [-0.25, -0.2) is 0 Å². The van der Waals surface area contributed by atoms with E-state index in [1.165, 1.54) is 5.56 Å². The summed E-state index contributed by atoms with van der Waals surface area (Å²) >= 11 is 0. The first-order valence-corrected chi connectivity index (χ1v) is 11.3. The zero-order valence-corrected chi connectivity index (χ0v) is 18.4. The van der Waals surface area contributed by atoms with E-state index >= 15 is 0 Å². The van der Waals surface area contributed by atoms with Crippen molar-refractivity contribution < 1.29 is 9.53 Å². The number of benzene rings is 3. The molecule has 1 unspecified atom stereocenters. The summed E-state index contributed by atoms with van der Waals surface area (Å²) in [5.74, 6) is -0.0993. The fraction of sp³-hybridized carbons (Fsp3) is 0.259. The second-order valence-electron chi connectivity index (χ2n) is 8.47. The number of hydrogen-bond acceptors (Lipinski definition) is 4. The van der Waals surface area contributed by atoms with Crippen molar-refractivity contribution in [3.8, 4) is 0 Å². The van der Waals surface area contributed by atoms with Crippen LogP contribution in [-0.4, -0.2) is 47.7 Å². The van der Waals surface area contributed by atoms with Crippen LogP contribution >= 0.6 is 0 Å². The van der Waals surface area contributed by atoms with Gasteiger partial charge >= 0.3 is 0 Å². The summed E-state index contributed by atoms with van der Waals surface area (Å²) in [6, 6.07) is 25.3. The minimum atomic E-state index is -0.0993. The van der Waals surface area contributed by atoms with Gasteiger partial charge in [0, 0.05) is 37.0 Å². The van der Waals surface area contributed by atoms with Gasteiger partial charge in [-0.15, -0.1) is 0 Å². The predicted molar refractivity (Wildman–Crippen MR) is 130 cm³/mol. The van der Waals surface area contributed by atoms with Crippen LogP contribution in [0.25, 0.3) is 21.8 Å². The van der Waals surface area contributed by atoms with E-state index in [-0.39, 0.29) is 24.0 Å². The number of ether oxygens (including phenoxy) is 1. The van der Waals surface area contributed by atoms with Crippen molar-refractivity contribution >= 4 is 27.7 Å². The van der Waals surface area contributed by atoms with E-state index in [0.717, 1.165) is 30.7 Å². The van der Waals surface area contributed by atoms with Gasteiger partial charge in [0.05, 0.1) is 23.7 Å². The first-order valence-electron chi connectivity index (χ1n) is 11.3.